The predicted octanol–water partition coefficient (Wildman–Crippen LogP) is 2.62. The van der Waals surface area contributed by atoms with E-state index in [4.69, 9.17) is 5.73 Å². The van der Waals surface area contributed by atoms with Crippen LogP contribution in [0.15, 0.2) is 29.8 Å². The highest BCUT2D eigenvalue weighted by Gasteiger charge is 1.99. The number of thiophene rings is 1. The van der Waals surface area contributed by atoms with E-state index in [1.807, 2.05) is 12.1 Å². The smallest absolute Gasteiger partial charge is 0.123 e. The van der Waals surface area contributed by atoms with Gasteiger partial charge in [-0.2, -0.15) is 0 Å². The molecule has 0 unspecified atom stereocenters. The van der Waals surface area contributed by atoms with Gasteiger partial charge in [-0.25, -0.2) is 4.98 Å². The number of nitrogen functional groups attached to an aromatic ring is 1. The average Bonchev–Trinajstić information content (AvgIpc) is 2.51. The van der Waals surface area contributed by atoms with E-state index in [1.54, 1.807) is 17.5 Å². The molecule has 0 aliphatic rings. The Hall–Kier alpha value is -1.35. The van der Waals surface area contributed by atoms with Crippen molar-refractivity contribution < 1.29 is 0 Å². The van der Waals surface area contributed by atoms with Gasteiger partial charge >= 0.3 is 0 Å². The van der Waals surface area contributed by atoms with Crippen molar-refractivity contribution >= 4 is 17.2 Å². The molecule has 0 amide bonds. The molecule has 0 aliphatic heterocycles. The second-order valence-electron chi connectivity index (χ2n) is 3.33. The topological polar surface area (TPSA) is 38.9 Å². The van der Waals surface area contributed by atoms with Crippen LogP contribution < -0.4 is 5.73 Å². The first-order valence-corrected chi connectivity index (χ1v) is 5.36. The molecule has 2 aromatic heterocycles. The van der Waals surface area contributed by atoms with Crippen molar-refractivity contribution in [3.63, 3.8) is 0 Å². The van der Waals surface area contributed by atoms with E-state index < -0.39 is 0 Å². The van der Waals surface area contributed by atoms with Gasteiger partial charge in [-0.1, -0.05) is 0 Å². The zero-order valence-electron chi connectivity index (χ0n) is 8.03. The number of hydrogen-bond acceptors (Lipinski definition) is 3. The van der Waals surface area contributed by atoms with Crippen LogP contribution in [0.25, 0.3) is 0 Å². The first-order chi connectivity index (χ1) is 6.74. The molecule has 0 fully saturated rings. The molecular weight excluding hydrogens is 192 g/mol. The Balaban J connectivity index is 2.18. The minimum atomic E-state index is 0.592. The Morgan fingerprint density at radius 1 is 1.36 bits per heavy atom. The minimum Gasteiger partial charge on any atom is -0.384 e. The summed E-state index contributed by atoms with van der Waals surface area (Å²) >= 11 is 1.78. The molecule has 0 spiro atoms. The fraction of sp³-hybridized carbons (Fsp3) is 0.182. The average molecular weight is 204 g/mol. The molecule has 2 rings (SSSR count). The molecule has 2 aromatic rings. The van der Waals surface area contributed by atoms with Crippen LogP contribution in [0.5, 0.6) is 0 Å². The normalized spacial score (nSPS) is 10.4. The lowest BCUT2D eigenvalue weighted by Gasteiger charge is -1.99. The Labute approximate surface area is 87.4 Å². The molecule has 2 N–H and O–H groups in total. The standard InChI is InChI=1S/C11H12N2S/c1-8-4-10(7-14-8)5-9-2-3-13-11(12)6-9/h2-4,6-7H,5H2,1H3,(H2,12,13). The van der Waals surface area contributed by atoms with Gasteiger partial charge in [0.25, 0.3) is 0 Å². The Kier molecular flexibility index (Phi) is 2.50. The van der Waals surface area contributed by atoms with Crippen molar-refractivity contribution in [1.82, 2.24) is 4.98 Å². The van der Waals surface area contributed by atoms with Crippen molar-refractivity contribution in [2.24, 2.45) is 0 Å². The van der Waals surface area contributed by atoms with Gasteiger partial charge in [-0.3, -0.25) is 0 Å². The summed E-state index contributed by atoms with van der Waals surface area (Å²) in [6.45, 7) is 2.12. The molecule has 72 valence electrons. The molecule has 0 aromatic carbocycles. The van der Waals surface area contributed by atoms with Crippen molar-refractivity contribution in [3.8, 4) is 0 Å². The van der Waals surface area contributed by atoms with Crippen molar-refractivity contribution in [2.45, 2.75) is 13.3 Å². The van der Waals surface area contributed by atoms with Crippen LogP contribution in [0.3, 0.4) is 0 Å². The van der Waals surface area contributed by atoms with E-state index in [9.17, 15) is 0 Å². The molecule has 3 heteroatoms. The molecular formula is C11H12N2S. The number of pyridine rings is 1. The van der Waals surface area contributed by atoms with Crippen LogP contribution in [-0.4, -0.2) is 4.98 Å². The van der Waals surface area contributed by atoms with E-state index >= 15 is 0 Å². The highest BCUT2D eigenvalue weighted by atomic mass is 32.1. The maximum atomic E-state index is 5.61. The van der Waals surface area contributed by atoms with Crippen LogP contribution in [-0.2, 0) is 6.42 Å². The summed E-state index contributed by atoms with van der Waals surface area (Å²) in [5, 5.41) is 2.19. The lowest BCUT2D eigenvalue weighted by Crippen LogP contribution is -1.92. The first kappa shape index (κ1) is 9.21. The van der Waals surface area contributed by atoms with E-state index in [0.717, 1.165) is 6.42 Å². The Bertz CT molecular complexity index is 434. The molecule has 0 bridgehead atoms. The monoisotopic (exact) mass is 204 g/mol. The molecule has 2 nitrogen and oxygen atoms in total. The highest BCUT2D eigenvalue weighted by molar-refractivity contribution is 7.10. The lowest BCUT2D eigenvalue weighted by atomic mass is 10.1. The maximum Gasteiger partial charge on any atom is 0.123 e. The van der Waals surface area contributed by atoms with Crippen molar-refractivity contribution in [3.05, 3.63) is 45.8 Å². The van der Waals surface area contributed by atoms with Gasteiger partial charge in [-0.15, -0.1) is 11.3 Å². The summed E-state index contributed by atoms with van der Waals surface area (Å²) in [5.41, 5.74) is 8.17. The van der Waals surface area contributed by atoms with Gasteiger partial charge in [0.1, 0.15) is 5.82 Å². The van der Waals surface area contributed by atoms with E-state index in [-0.39, 0.29) is 0 Å². The van der Waals surface area contributed by atoms with E-state index in [0.29, 0.717) is 5.82 Å². The number of rotatable bonds is 2. The molecule has 0 saturated heterocycles. The number of nitrogens with two attached hydrogens (primary N) is 1. The molecule has 0 radical (unpaired) electrons. The van der Waals surface area contributed by atoms with Gasteiger partial charge in [-0.05, 0) is 48.1 Å². The van der Waals surface area contributed by atoms with Crippen molar-refractivity contribution in [1.29, 1.82) is 0 Å². The number of nitrogens with zero attached hydrogens (tertiary/aromatic N) is 1. The van der Waals surface area contributed by atoms with Gasteiger partial charge < -0.3 is 5.73 Å². The Morgan fingerprint density at radius 2 is 2.21 bits per heavy atom. The van der Waals surface area contributed by atoms with Crippen LogP contribution in [0.4, 0.5) is 5.82 Å². The number of anilines is 1. The molecule has 0 saturated carbocycles. The predicted molar refractivity (Wildman–Crippen MR) is 60.5 cm³/mol. The minimum absolute atomic E-state index is 0.592. The summed E-state index contributed by atoms with van der Waals surface area (Å²) in [5.74, 6) is 0.592. The van der Waals surface area contributed by atoms with Gasteiger partial charge in [0.05, 0.1) is 0 Å². The summed E-state index contributed by atoms with van der Waals surface area (Å²) in [7, 11) is 0. The summed E-state index contributed by atoms with van der Waals surface area (Å²) in [6, 6.07) is 6.14. The van der Waals surface area contributed by atoms with Crippen molar-refractivity contribution in [2.75, 3.05) is 5.73 Å². The SMILES string of the molecule is Cc1cc(Cc2ccnc(N)c2)cs1. The molecule has 0 aliphatic carbocycles. The quantitative estimate of drug-likeness (QED) is 0.816. The zero-order chi connectivity index (χ0) is 9.97. The molecule has 14 heavy (non-hydrogen) atoms. The fourth-order valence-corrected chi connectivity index (χ4v) is 2.14. The molecule has 2 heterocycles. The van der Waals surface area contributed by atoms with Crippen LogP contribution in [0.2, 0.25) is 0 Å². The molecule has 0 atom stereocenters. The number of aryl methyl sites for hydroxylation is 1. The highest BCUT2D eigenvalue weighted by Crippen LogP contribution is 2.17. The second-order valence-corrected chi connectivity index (χ2v) is 4.45. The first-order valence-electron chi connectivity index (χ1n) is 4.48. The summed E-state index contributed by atoms with van der Waals surface area (Å²) < 4.78 is 0. The largest absolute Gasteiger partial charge is 0.384 e. The number of hydrogen-bond donors (Lipinski definition) is 1. The third-order valence-electron chi connectivity index (χ3n) is 2.04. The van der Waals surface area contributed by atoms with Crippen LogP contribution >= 0.6 is 11.3 Å². The van der Waals surface area contributed by atoms with Gasteiger partial charge in [0.15, 0.2) is 0 Å². The van der Waals surface area contributed by atoms with E-state index in [2.05, 4.69) is 23.4 Å². The van der Waals surface area contributed by atoms with Crippen LogP contribution in [0, 0.1) is 6.92 Å². The van der Waals surface area contributed by atoms with Crippen LogP contribution in [0.1, 0.15) is 16.0 Å². The summed E-state index contributed by atoms with van der Waals surface area (Å²) in [4.78, 5) is 5.32. The number of aromatic nitrogens is 1. The maximum absolute atomic E-state index is 5.61. The lowest BCUT2D eigenvalue weighted by molar-refractivity contribution is 1.18. The second kappa shape index (κ2) is 3.80. The fourth-order valence-electron chi connectivity index (χ4n) is 1.43. The van der Waals surface area contributed by atoms with E-state index in [1.165, 1.54) is 16.0 Å². The third-order valence-corrected chi connectivity index (χ3v) is 2.95. The van der Waals surface area contributed by atoms with Gasteiger partial charge in [0, 0.05) is 11.1 Å². The Morgan fingerprint density at radius 3 is 2.86 bits per heavy atom. The zero-order valence-corrected chi connectivity index (χ0v) is 8.84. The third kappa shape index (κ3) is 2.12. The summed E-state index contributed by atoms with van der Waals surface area (Å²) in [6.07, 6.45) is 2.70. The van der Waals surface area contributed by atoms with Gasteiger partial charge in [0.2, 0.25) is 0 Å².